The molecule has 0 aromatic rings. The van der Waals surface area contributed by atoms with Crippen LogP contribution < -0.4 is 5.32 Å². The highest BCUT2D eigenvalue weighted by Gasteiger charge is 2.39. The minimum Gasteiger partial charge on any atom is -0.480 e. The number of nitrogens with zero attached hydrogens (tertiary/aromatic N) is 1. The molecule has 2 saturated heterocycles. The number of hydrogen-bond donors (Lipinski definition) is 2. The third-order valence-corrected chi connectivity index (χ3v) is 3.74. The van der Waals surface area contributed by atoms with Gasteiger partial charge >= 0.3 is 5.97 Å². The Morgan fingerprint density at radius 2 is 2.00 bits per heavy atom. The number of carbonyl (C=O) groups is 2. The molecule has 2 heterocycles. The summed E-state index contributed by atoms with van der Waals surface area (Å²) >= 11 is 0. The summed E-state index contributed by atoms with van der Waals surface area (Å²) in [4.78, 5) is 25.2. The van der Waals surface area contributed by atoms with Gasteiger partial charge in [-0.15, -0.1) is 0 Å². The van der Waals surface area contributed by atoms with Crippen molar-refractivity contribution in [3.05, 3.63) is 0 Å². The molecular weight excluding hydrogens is 236 g/mol. The summed E-state index contributed by atoms with van der Waals surface area (Å²) in [5.41, 5.74) is 0. The van der Waals surface area contributed by atoms with E-state index in [2.05, 4.69) is 5.32 Å². The van der Waals surface area contributed by atoms with E-state index in [1.807, 2.05) is 6.92 Å². The Labute approximate surface area is 106 Å². The number of amides is 1. The van der Waals surface area contributed by atoms with Crippen molar-refractivity contribution in [2.24, 2.45) is 5.92 Å². The molecule has 1 amide bonds. The molecule has 2 fully saturated rings. The molecule has 2 rings (SSSR count). The number of piperazine rings is 1. The molecule has 0 aromatic carbocycles. The Balaban J connectivity index is 2.08. The number of hydrogen-bond acceptors (Lipinski definition) is 4. The Hall–Kier alpha value is -1.14. The van der Waals surface area contributed by atoms with Gasteiger partial charge in [0.1, 0.15) is 6.04 Å². The van der Waals surface area contributed by atoms with Crippen LogP contribution in [0.2, 0.25) is 0 Å². The van der Waals surface area contributed by atoms with E-state index in [9.17, 15) is 14.7 Å². The van der Waals surface area contributed by atoms with E-state index in [4.69, 9.17) is 4.74 Å². The van der Waals surface area contributed by atoms with Crippen LogP contribution in [0.3, 0.4) is 0 Å². The van der Waals surface area contributed by atoms with Crippen LogP contribution in [0.5, 0.6) is 0 Å². The van der Waals surface area contributed by atoms with Gasteiger partial charge in [0, 0.05) is 38.3 Å². The molecule has 0 bridgehead atoms. The number of carbonyl (C=O) groups excluding carboxylic acids is 1. The number of carboxylic acids is 1. The molecule has 0 aliphatic carbocycles. The normalized spacial score (nSPS) is 30.2. The van der Waals surface area contributed by atoms with Gasteiger partial charge in [0.15, 0.2) is 0 Å². The fourth-order valence-corrected chi connectivity index (χ4v) is 2.71. The first-order valence-corrected chi connectivity index (χ1v) is 6.45. The number of aliphatic carboxylic acids is 1. The van der Waals surface area contributed by atoms with Gasteiger partial charge < -0.3 is 20.1 Å². The first-order valence-electron chi connectivity index (χ1n) is 6.45. The molecule has 0 aromatic heterocycles. The van der Waals surface area contributed by atoms with Gasteiger partial charge in [-0.3, -0.25) is 4.79 Å². The molecule has 2 atom stereocenters. The number of ether oxygens (including phenoxy) is 1. The highest BCUT2D eigenvalue weighted by molar-refractivity contribution is 5.86. The Morgan fingerprint density at radius 3 is 2.61 bits per heavy atom. The average Bonchev–Trinajstić information content (AvgIpc) is 2.38. The fourth-order valence-electron chi connectivity index (χ4n) is 2.71. The summed E-state index contributed by atoms with van der Waals surface area (Å²) in [6.45, 7) is 4.12. The Kier molecular flexibility index (Phi) is 4.19. The summed E-state index contributed by atoms with van der Waals surface area (Å²) in [5, 5.41) is 12.4. The van der Waals surface area contributed by atoms with E-state index in [0.717, 1.165) is 0 Å². The van der Waals surface area contributed by atoms with Gasteiger partial charge in [-0.1, -0.05) is 0 Å². The zero-order chi connectivity index (χ0) is 13.1. The van der Waals surface area contributed by atoms with Gasteiger partial charge in [-0.2, -0.15) is 0 Å². The number of rotatable bonds is 2. The fraction of sp³-hybridized carbons (Fsp3) is 0.833. The van der Waals surface area contributed by atoms with Gasteiger partial charge in [0.2, 0.25) is 5.91 Å². The van der Waals surface area contributed by atoms with Crippen molar-refractivity contribution < 1.29 is 19.4 Å². The minimum absolute atomic E-state index is 0.0287. The highest BCUT2D eigenvalue weighted by atomic mass is 16.5. The van der Waals surface area contributed by atoms with Crippen molar-refractivity contribution in [2.45, 2.75) is 31.8 Å². The van der Waals surface area contributed by atoms with E-state index in [-0.39, 0.29) is 17.9 Å². The van der Waals surface area contributed by atoms with Crippen molar-refractivity contribution in [1.82, 2.24) is 10.2 Å². The SMILES string of the molecule is CC1NCCN(C(=O)C2CCOCC2)C1C(=O)O. The van der Waals surface area contributed by atoms with Crippen LogP contribution >= 0.6 is 0 Å². The zero-order valence-corrected chi connectivity index (χ0v) is 10.6. The summed E-state index contributed by atoms with van der Waals surface area (Å²) < 4.78 is 5.23. The van der Waals surface area contributed by atoms with Crippen LogP contribution in [0.25, 0.3) is 0 Å². The Bertz CT molecular complexity index is 328. The van der Waals surface area contributed by atoms with Crippen molar-refractivity contribution >= 4 is 11.9 Å². The van der Waals surface area contributed by atoms with Crippen LogP contribution in [0, 0.1) is 5.92 Å². The summed E-state index contributed by atoms with van der Waals surface area (Å²) in [6.07, 6.45) is 1.40. The smallest absolute Gasteiger partial charge is 0.328 e. The molecular formula is C12H20N2O4. The quantitative estimate of drug-likeness (QED) is 0.708. The molecule has 2 N–H and O–H groups in total. The number of carboxylic acid groups (broad SMARTS) is 1. The monoisotopic (exact) mass is 256 g/mol. The maximum Gasteiger partial charge on any atom is 0.328 e. The van der Waals surface area contributed by atoms with E-state index in [0.29, 0.717) is 39.1 Å². The van der Waals surface area contributed by atoms with Crippen LogP contribution in [-0.2, 0) is 14.3 Å². The van der Waals surface area contributed by atoms with Crippen LogP contribution in [0.15, 0.2) is 0 Å². The summed E-state index contributed by atoms with van der Waals surface area (Å²) in [5.74, 6) is -1.04. The molecule has 0 saturated carbocycles. The lowest BCUT2D eigenvalue weighted by atomic mass is 9.95. The molecule has 102 valence electrons. The Morgan fingerprint density at radius 1 is 1.33 bits per heavy atom. The second-order valence-electron chi connectivity index (χ2n) is 4.94. The lowest BCUT2D eigenvalue weighted by Crippen LogP contribution is -2.62. The first-order chi connectivity index (χ1) is 8.61. The molecule has 0 radical (unpaired) electrons. The minimum atomic E-state index is -0.935. The largest absolute Gasteiger partial charge is 0.480 e. The van der Waals surface area contributed by atoms with Gasteiger partial charge in [0.25, 0.3) is 0 Å². The average molecular weight is 256 g/mol. The summed E-state index contributed by atoms with van der Waals surface area (Å²) in [7, 11) is 0. The van der Waals surface area contributed by atoms with E-state index in [1.165, 1.54) is 4.90 Å². The topological polar surface area (TPSA) is 78.9 Å². The maximum absolute atomic E-state index is 12.4. The van der Waals surface area contributed by atoms with Crippen molar-refractivity contribution in [1.29, 1.82) is 0 Å². The maximum atomic E-state index is 12.4. The molecule has 6 nitrogen and oxygen atoms in total. The van der Waals surface area contributed by atoms with Crippen LogP contribution in [0.4, 0.5) is 0 Å². The third kappa shape index (κ3) is 2.64. The molecule has 2 aliphatic rings. The highest BCUT2D eigenvalue weighted by Crippen LogP contribution is 2.21. The van der Waals surface area contributed by atoms with Crippen molar-refractivity contribution in [3.8, 4) is 0 Å². The van der Waals surface area contributed by atoms with Crippen molar-refractivity contribution in [3.63, 3.8) is 0 Å². The van der Waals surface area contributed by atoms with Crippen LogP contribution in [-0.4, -0.2) is 60.3 Å². The first kappa shape index (κ1) is 13.3. The number of nitrogens with one attached hydrogen (secondary N) is 1. The second-order valence-corrected chi connectivity index (χ2v) is 4.94. The molecule has 18 heavy (non-hydrogen) atoms. The molecule has 2 aliphatic heterocycles. The van der Waals surface area contributed by atoms with Gasteiger partial charge in [0.05, 0.1) is 0 Å². The molecule has 6 heteroatoms. The third-order valence-electron chi connectivity index (χ3n) is 3.74. The molecule has 2 unspecified atom stereocenters. The van der Waals surface area contributed by atoms with Crippen molar-refractivity contribution in [2.75, 3.05) is 26.3 Å². The van der Waals surface area contributed by atoms with E-state index >= 15 is 0 Å². The molecule has 0 spiro atoms. The van der Waals surface area contributed by atoms with E-state index in [1.54, 1.807) is 0 Å². The van der Waals surface area contributed by atoms with E-state index < -0.39 is 12.0 Å². The lowest BCUT2D eigenvalue weighted by Gasteiger charge is -2.40. The van der Waals surface area contributed by atoms with Gasteiger partial charge in [-0.05, 0) is 19.8 Å². The van der Waals surface area contributed by atoms with Crippen LogP contribution in [0.1, 0.15) is 19.8 Å². The summed E-state index contributed by atoms with van der Waals surface area (Å²) in [6, 6.07) is -0.964. The van der Waals surface area contributed by atoms with Gasteiger partial charge in [-0.25, -0.2) is 4.79 Å². The predicted octanol–water partition coefficient (Wildman–Crippen LogP) is -0.313. The lowest BCUT2D eigenvalue weighted by molar-refractivity contribution is -0.156. The standard InChI is InChI=1S/C12H20N2O4/c1-8-10(12(16)17)14(5-4-13-8)11(15)9-2-6-18-7-3-9/h8-10,13H,2-7H2,1H3,(H,16,17). The second kappa shape index (κ2) is 5.67. The predicted molar refractivity (Wildman–Crippen MR) is 64.1 cm³/mol. The zero-order valence-electron chi connectivity index (χ0n) is 10.6.